The zero-order chi connectivity index (χ0) is 19.1. The normalized spacial score (nSPS) is 25.1. The standard InChI is InChI=1S/C25H20O3/c26-21(16-9-3-1-4-10-16)15-20-18-13-7-8-14-19(18)22-23(20)25(27)28-24(22)17-11-5-2-6-12-17/h1-14,20,22-24H,15H2/t20-,22+,23-,24+/m0/s1. The van der Waals surface area contributed by atoms with Crippen molar-refractivity contribution in [2.45, 2.75) is 24.4 Å². The van der Waals surface area contributed by atoms with Gasteiger partial charge in [-0.25, -0.2) is 0 Å². The minimum Gasteiger partial charge on any atom is -0.457 e. The van der Waals surface area contributed by atoms with Crippen LogP contribution in [0.4, 0.5) is 0 Å². The lowest BCUT2D eigenvalue weighted by molar-refractivity contribution is -0.145. The number of carbonyl (C=O) groups is 2. The van der Waals surface area contributed by atoms with E-state index in [-0.39, 0.29) is 35.6 Å². The third-order valence-electron chi connectivity index (χ3n) is 6.05. The molecule has 4 atom stereocenters. The quantitative estimate of drug-likeness (QED) is 0.478. The van der Waals surface area contributed by atoms with Gasteiger partial charge in [-0.2, -0.15) is 0 Å². The van der Waals surface area contributed by atoms with Gasteiger partial charge in [0.15, 0.2) is 5.78 Å². The zero-order valence-electron chi connectivity index (χ0n) is 15.3. The van der Waals surface area contributed by atoms with Crippen LogP contribution < -0.4 is 0 Å². The summed E-state index contributed by atoms with van der Waals surface area (Å²) in [6.07, 6.45) is 0.0235. The van der Waals surface area contributed by atoms with Gasteiger partial charge >= 0.3 is 5.97 Å². The largest absolute Gasteiger partial charge is 0.457 e. The summed E-state index contributed by atoms with van der Waals surface area (Å²) in [5.74, 6) is -0.622. The molecule has 0 aromatic heterocycles. The lowest BCUT2D eigenvalue weighted by Gasteiger charge is -2.17. The average Bonchev–Trinajstić information content (AvgIpc) is 3.26. The SMILES string of the molecule is O=C(C[C@H]1c2ccccc2[C@@H]2[C@H]1C(=O)O[C@@H]2c1ccccc1)c1ccccc1. The second-order valence-electron chi connectivity index (χ2n) is 7.55. The Hall–Kier alpha value is -3.20. The van der Waals surface area contributed by atoms with Gasteiger partial charge in [0.1, 0.15) is 6.10 Å². The molecular weight excluding hydrogens is 348 g/mol. The van der Waals surface area contributed by atoms with Crippen LogP contribution in [-0.2, 0) is 9.53 Å². The summed E-state index contributed by atoms with van der Waals surface area (Å²) in [5.41, 5.74) is 3.94. The number of benzene rings is 3. The summed E-state index contributed by atoms with van der Waals surface area (Å²) in [6, 6.07) is 27.3. The maximum Gasteiger partial charge on any atom is 0.310 e. The molecule has 0 unspecified atom stereocenters. The number of fused-ring (bicyclic) bond motifs is 3. The van der Waals surface area contributed by atoms with E-state index in [9.17, 15) is 9.59 Å². The molecule has 0 spiro atoms. The molecule has 1 fully saturated rings. The molecule has 1 aliphatic heterocycles. The molecule has 138 valence electrons. The van der Waals surface area contributed by atoms with Crippen LogP contribution in [0.1, 0.15) is 51.4 Å². The van der Waals surface area contributed by atoms with E-state index in [2.05, 4.69) is 12.1 Å². The molecule has 3 heteroatoms. The number of hydrogen-bond acceptors (Lipinski definition) is 3. The summed E-state index contributed by atoms with van der Waals surface area (Å²) < 4.78 is 5.84. The van der Waals surface area contributed by atoms with Crippen LogP contribution in [0.2, 0.25) is 0 Å². The van der Waals surface area contributed by atoms with Gasteiger partial charge in [-0.15, -0.1) is 0 Å². The molecule has 1 saturated heterocycles. The van der Waals surface area contributed by atoms with E-state index in [1.807, 2.05) is 72.8 Å². The predicted octanol–water partition coefficient (Wildman–Crippen LogP) is 5.05. The summed E-state index contributed by atoms with van der Waals surface area (Å²) in [5, 5.41) is 0. The van der Waals surface area contributed by atoms with E-state index in [4.69, 9.17) is 4.74 Å². The molecule has 5 rings (SSSR count). The van der Waals surface area contributed by atoms with Gasteiger partial charge in [-0.05, 0) is 16.7 Å². The van der Waals surface area contributed by atoms with E-state index >= 15 is 0 Å². The maximum absolute atomic E-state index is 12.9. The van der Waals surface area contributed by atoms with Crippen molar-refractivity contribution in [2.24, 2.45) is 5.92 Å². The first kappa shape index (κ1) is 16.9. The molecular formula is C25H20O3. The summed E-state index contributed by atoms with van der Waals surface area (Å²) >= 11 is 0. The second-order valence-corrected chi connectivity index (χ2v) is 7.55. The van der Waals surface area contributed by atoms with Crippen molar-refractivity contribution in [3.63, 3.8) is 0 Å². The zero-order valence-corrected chi connectivity index (χ0v) is 15.3. The van der Waals surface area contributed by atoms with Crippen LogP contribution in [0.15, 0.2) is 84.9 Å². The Kier molecular flexibility index (Phi) is 4.09. The third-order valence-corrected chi connectivity index (χ3v) is 6.05. The van der Waals surface area contributed by atoms with Gasteiger partial charge in [-0.1, -0.05) is 84.9 Å². The van der Waals surface area contributed by atoms with Crippen LogP contribution in [-0.4, -0.2) is 11.8 Å². The fourth-order valence-electron chi connectivity index (χ4n) is 4.83. The van der Waals surface area contributed by atoms with Crippen LogP contribution >= 0.6 is 0 Å². The molecule has 28 heavy (non-hydrogen) atoms. The smallest absolute Gasteiger partial charge is 0.310 e. The molecule has 3 nitrogen and oxygen atoms in total. The number of ether oxygens (including phenoxy) is 1. The molecule has 3 aromatic carbocycles. The molecule has 1 heterocycles. The predicted molar refractivity (Wildman–Crippen MR) is 106 cm³/mol. The van der Waals surface area contributed by atoms with Crippen LogP contribution in [0.3, 0.4) is 0 Å². The Balaban J connectivity index is 1.53. The first-order valence-corrected chi connectivity index (χ1v) is 9.66. The number of ketones is 1. The number of esters is 1. The lowest BCUT2D eigenvalue weighted by atomic mass is 9.81. The number of Topliss-reactive ketones (excluding diaryl/α,β-unsaturated/α-hetero) is 1. The molecule has 3 aromatic rings. The molecule has 0 bridgehead atoms. The van der Waals surface area contributed by atoms with E-state index < -0.39 is 0 Å². The van der Waals surface area contributed by atoms with E-state index in [0.717, 1.165) is 16.7 Å². The number of hydrogen-bond donors (Lipinski definition) is 0. The van der Waals surface area contributed by atoms with Crippen LogP contribution in [0.25, 0.3) is 0 Å². The summed E-state index contributed by atoms with van der Waals surface area (Å²) in [6.45, 7) is 0. The van der Waals surface area contributed by atoms with Crippen molar-refractivity contribution in [1.82, 2.24) is 0 Å². The van der Waals surface area contributed by atoms with Crippen LogP contribution in [0.5, 0.6) is 0 Å². The molecule has 0 amide bonds. The van der Waals surface area contributed by atoms with Gasteiger partial charge in [0.25, 0.3) is 0 Å². The van der Waals surface area contributed by atoms with Crippen molar-refractivity contribution < 1.29 is 14.3 Å². The highest BCUT2D eigenvalue weighted by Gasteiger charge is 2.55. The molecule has 0 N–H and O–H groups in total. The van der Waals surface area contributed by atoms with Crippen molar-refractivity contribution >= 4 is 11.8 Å². The van der Waals surface area contributed by atoms with Crippen molar-refractivity contribution in [3.8, 4) is 0 Å². The first-order valence-electron chi connectivity index (χ1n) is 9.66. The number of carbonyl (C=O) groups excluding carboxylic acids is 2. The Morgan fingerprint density at radius 1 is 0.750 bits per heavy atom. The Labute approximate surface area is 164 Å². The monoisotopic (exact) mass is 368 g/mol. The molecule has 0 saturated carbocycles. The minimum absolute atomic E-state index is 0.0420. The van der Waals surface area contributed by atoms with E-state index in [0.29, 0.717) is 12.0 Å². The fourth-order valence-corrected chi connectivity index (χ4v) is 4.83. The lowest BCUT2D eigenvalue weighted by Crippen LogP contribution is -2.19. The third kappa shape index (κ3) is 2.66. The maximum atomic E-state index is 12.9. The molecule has 1 aliphatic carbocycles. The Morgan fingerprint density at radius 3 is 2.07 bits per heavy atom. The van der Waals surface area contributed by atoms with Gasteiger partial charge in [0.2, 0.25) is 0 Å². The number of cyclic esters (lactones) is 1. The van der Waals surface area contributed by atoms with Gasteiger partial charge in [0, 0.05) is 23.8 Å². The van der Waals surface area contributed by atoms with Crippen molar-refractivity contribution in [1.29, 1.82) is 0 Å². The average molecular weight is 368 g/mol. The highest BCUT2D eigenvalue weighted by molar-refractivity contribution is 5.97. The second kappa shape index (κ2) is 6.75. The molecule has 0 radical (unpaired) electrons. The number of rotatable bonds is 4. The fraction of sp³-hybridized carbons (Fsp3) is 0.200. The highest BCUT2D eigenvalue weighted by Crippen LogP contribution is 2.58. The van der Waals surface area contributed by atoms with Gasteiger partial charge in [0.05, 0.1) is 5.92 Å². The summed E-state index contributed by atoms with van der Waals surface area (Å²) in [4.78, 5) is 25.8. The van der Waals surface area contributed by atoms with Crippen LogP contribution in [0, 0.1) is 5.92 Å². The van der Waals surface area contributed by atoms with E-state index in [1.54, 1.807) is 0 Å². The highest BCUT2D eigenvalue weighted by atomic mass is 16.6. The van der Waals surface area contributed by atoms with Crippen molar-refractivity contribution in [3.05, 3.63) is 107 Å². The first-order chi connectivity index (χ1) is 13.7. The molecule has 2 aliphatic rings. The minimum atomic E-state index is -0.310. The Morgan fingerprint density at radius 2 is 1.36 bits per heavy atom. The van der Waals surface area contributed by atoms with E-state index in [1.165, 1.54) is 0 Å². The topological polar surface area (TPSA) is 43.4 Å². The Bertz CT molecular complexity index is 1030. The van der Waals surface area contributed by atoms with Crippen molar-refractivity contribution in [2.75, 3.05) is 0 Å². The van der Waals surface area contributed by atoms with Gasteiger partial charge < -0.3 is 4.74 Å². The summed E-state index contributed by atoms with van der Waals surface area (Å²) in [7, 11) is 0. The van der Waals surface area contributed by atoms with Gasteiger partial charge in [-0.3, -0.25) is 9.59 Å².